The number of carbonyl (C=O) groups excluding carboxylic acids is 1. The standard InChI is InChI=1S/C11H21NO2/c1-11(6-4-7-11)9-12-10(14)5-2-3-8-13/h13H,2-9H2,1H3,(H,12,14). The molecule has 0 unspecified atom stereocenters. The summed E-state index contributed by atoms with van der Waals surface area (Å²) in [4.78, 5) is 11.3. The Morgan fingerprint density at radius 3 is 2.64 bits per heavy atom. The summed E-state index contributed by atoms with van der Waals surface area (Å²) in [6.07, 6.45) is 5.85. The van der Waals surface area contributed by atoms with Crippen molar-refractivity contribution >= 4 is 5.91 Å². The summed E-state index contributed by atoms with van der Waals surface area (Å²) in [5.41, 5.74) is 0.368. The number of unbranched alkanes of at least 4 members (excludes halogenated alkanes) is 1. The summed E-state index contributed by atoms with van der Waals surface area (Å²) in [6, 6.07) is 0. The Bertz CT molecular complexity index is 188. The molecule has 1 aliphatic carbocycles. The molecule has 0 radical (unpaired) electrons. The lowest BCUT2D eigenvalue weighted by Gasteiger charge is -2.38. The normalized spacial score (nSPS) is 18.7. The van der Waals surface area contributed by atoms with E-state index in [1.54, 1.807) is 0 Å². The van der Waals surface area contributed by atoms with Crippen LogP contribution in [-0.2, 0) is 4.79 Å². The number of amides is 1. The van der Waals surface area contributed by atoms with Crippen LogP contribution in [-0.4, -0.2) is 24.2 Å². The van der Waals surface area contributed by atoms with Crippen LogP contribution in [0.4, 0.5) is 0 Å². The SMILES string of the molecule is CC1(CNC(=O)CCCCO)CCC1. The Morgan fingerprint density at radius 2 is 2.14 bits per heavy atom. The molecule has 0 aromatic rings. The van der Waals surface area contributed by atoms with Crippen LogP contribution < -0.4 is 5.32 Å². The lowest BCUT2D eigenvalue weighted by Crippen LogP contribution is -2.39. The van der Waals surface area contributed by atoms with Crippen LogP contribution in [0, 0.1) is 5.41 Å². The molecular formula is C11H21NO2. The fraction of sp³-hybridized carbons (Fsp3) is 0.909. The largest absolute Gasteiger partial charge is 0.396 e. The van der Waals surface area contributed by atoms with E-state index in [-0.39, 0.29) is 12.5 Å². The van der Waals surface area contributed by atoms with Gasteiger partial charge in [0.2, 0.25) is 5.91 Å². The summed E-state index contributed by atoms with van der Waals surface area (Å²) in [6.45, 7) is 3.24. The summed E-state index contributed by atoms with van der Waals surface area (Å²) in [5.74, 6) is 0.131. The molecule has 3 heteroatoms. The third kappa shape index (κ3) is 3.66. The van der Waals surface area contributed by atoms with E-state index in [2.05, 4.69) is 12.2 Å². The zero-order valence-corrected chi connectivity index (χ0v) is 9.01. The van der Waals surface area contributed by atoms with Crippen molar-refractivity contribution in [3.05, 3.63) is 0 Å². The average molecular weight is 199 g/mol. The minimum Gasteiger partial charge on any atom is -0.396 e. The van der Waals surface area contributed by atoms with E-state index in [0.717, 1.165) is 19.4 Å². The smallest absolute Gasteiger partial charge is 0.220 e. The minimum absolute atomic E-state index is 0.131. The van der Waals surface area contributed by atoms with Gasteiger partial charge in [-0.25, -0.2) is 0 Å². The van der Waals surface area contributed by atoms with Crippen LogP contribution in [0.3, 0.4) is 0 Å². The second kappa shape index (κ2) is 5.35. The summed E-state index contributed by atoms with van der Waals surface area (Å²) in [7, 11) is 0. The van der Waals surface area contributed by atoms with Crippen molar-refractivity contribution in [2.45, 2.75) is 45.4 Å². The van der Waals surface area contributed by atoms with Crippen molar-refractivity contribution in [1.29, 1.82) is 0 Å². The van der Waals surface area contributed by atoms with E-state index in [9.17, 15) is 4.79 Å². The molecule has 1 rings (SSSR count). The Labute approximate surface area is 85.9 Å². The lowest BCUT2D eigenvalue weighted by molar-refractivity contribution is -0.122. The number of hydrogen-bond acceptors (Lipinski definition) is 2. The Hall–Kier alpha value is -0.570. The molecule has 3 nitrogen and oxygen atoms in total. The fourth-order valence-electron chi connectivity index (χ4n) is 1.75. The van der Waals surface area contributed by atoms with E-state index >= 15 is 0 Å². The fourth-order valence-corrected chi connectivity index (χ4v) is 1.75. The maximum Gasteiger partial charge on any atom is 0.220 e. The Kier molecular flexibility index (Phi) is 4.39. The molecule has 1 saturated carbocycles. The van der Waals surface area contributed by atoms with Crippen LogP contribution in [0.25, 0.3) is 0 Å². The number of rotatable bonds is 6. The number of carbonyl (C=O) groups is 1. The number of hydrogen-bond donors (Lipinski definition) is 2. The molecule has 0 aromatic carbocycles. The minimum atomic E-state index is 0.131. The van der Waals surface area contributed by atoms with Gasteiger partial charge in [0.15, 0.2) is 0 Å². The first kappa shape index (κ1) is 11.5. The van der Waals surface area contributed by atoms with Gasteiger partial charge in [-0.15, -0.1) is 0 Å². The van der Waals surface area contributed by atoms with E-state index in [1.807, 2.05) is 0 Å². The van der Waals surface area contributed by atoms with Crippen molar-refractivity contribution in [1.82, 2.24) is 5.32 Å². The van der Waals surface area contributed by atoms with Gasteiger partial charge in [-0.1, -0.05) is 13.3 Å². The molecule has 82 valence electrons. The van der Waals surface area contributed by atoms with Crippen molar-refractivity contribution in [3.8, 4) is 0 Å². The molecular weight excluding hydrogens is 178 g/mol. The zero-order chi connectivity index (χ0) is 10.4. The van der Waals surface area contributed by atoms with Gasteiger partial charge in [-0.05, 0) is 31.1 Å². The van der Waals surface area contributed by atoms with Crippen molar-refractivity contribution in [3.63, 3.8) is 0 Å². The van der Waals surface area contributed by atoms with Gasteiger partial charge in [0.25, 0.3) is 0 Å². The van der Waals surface area contributed by atoms with E-state index in [0.29, 0.717) is 11.8 Å². The zero-order valence-electron chi connectivity index (χ0n) is 9.01. The van der Waals surface area contributed by atoms with E-state index in [1.165, 1.54) is 19.3 Å². The number of aliphatic hydroxyl groups is 1. The molecule has 1 amide bonds. The molecule has 0 atom stereocenters. The monoisotopic (exact) mass is 199 g/mol. The first-order valence-electron chi connectivity index (χ1n) is 5.54. The van der Waals surface area contributed by atoms with Crippen LogP contribution in [0.15, 0.2) is 0 Å². The lowest BCUT2D eigenvalue weighted by atomic mass is 9.70. The molecule has 0 aromatic heterocycles. The summed E-state index contributed by atoms with van der Waals surface area (Å²) < 4.78 is 0. The second-order valence-corrected chi connectivity index (χ2v) is 4.62. The van der Waals surface area contributed by atoms with Crippen LogP contribution >= 0.6 is 0 Å². The van der Waals surface area contributed by atoms with E-state index < -0.39 is 0 Å². The van der Waals surface area contributed by atoms with Crippen molar-refractivity contribution in [2.75, 3.05) is 13.2 Å². The first-order chi connectivity index (χ1) is 6.66. The predicted octanol–water partition coefficient (Wildman–Crippen LogP) is 1.46. The summed E-state index contributed by atoms with van der Waals surface area (Å²) in [5, 5.41) is 11.5. The molecule has 0 bridgehead atoms. The highest BCUT2D eigenvalue weighted by atomic mass is 16.2. The van der Waals surface area contributed by atoms with E-state index in [4.69, 9.17) is 5.11 Å². The topological polar surface area (TPSA) is 49.3 Å². The van der Waals surface area contributed by atoms with Gasteiger partial charge >= 0.3 is 0 Å². The molecule has 2 N–H and O–H groups in total. The van der Waals surface area contributed by atoms with Crippen molar-refractivity contribution in [2.24, 2.45) is 5.41 Å². The van der Waals surface area contributed by atoms with Crippen LogP contribution in [0.2, 0.25) is 0 Å². The molecule has 0 saturated heterocycles. The number of nitrogens with one attached hydrogen (secondary N) is 1. The molecule has 14 heavy (non-hydrogen) atoms. The van der Waals surface area contributed by atoms with Crippen LogP contribution in [0.1, 0.15) is 45.4 Å². The van der Waals surface area contributed by atoms with Gasteiger partial charge in [0, 0.05) is 19.6 Å². The van der Waals surface area contributed by atoms with Gasteiger partial charge in [0.1, 0.15) is 0 Å². The maximum absolute atomic E-state index is 11.3. The van der Waals surface area contributed by atoms with Gasteiger partial charge in [0.05, 0.1) is 0 Å². The van der Waals surface area contributed by atoms with Gasteiger partial charge in [-0.3, -0.25) is 4.79 Å². The van der Waals surface area contributed by atoms with Gasteiger partial charge in [-0.2, -0.15) is 0 Å². The molecule has 0 heterocycles. The molecule has 0 aliphatic heterocycles. The first-order valence-corrected chi connectivity index (χ1v) is 5.54. The molecule has 1 fully saturated rings. The second-order valence-electron chi connectivity index (χ2n) is 4.62. The quantitative estimate of drug-likeness (QED) is 0.636. The molecule has 1 aliphatic rings. The average Bonchev–Trinajstić information content (AvgIpc) is 2.12. The molecule has 0 spiro atoms. The Balaban J connectivity index is 2.03. The summed E-state index contributed by atoms with van der Waals surface area (Å²) >= 11 is 0. The number of aliphatic hydroxyl groups excluding tert-OH is 1. The van der Waals surface area contributed by atoms with Gasteiger partial charge < -0.3 is 10.4 Å². The Morgan fingerprint density at radius 1 is 1.43 bits per heavy atom. The third-order valence-electron chi connectivity index (χ3n) is 3.08. The highest BCUT2D eigenvalue weighted by Crippen LogP contribution is 2.39. The maximum atomic E-state index is 11.3. The highest BCUT2D eigenvalue weighted by molar-refractivity contribution is 5.75. The third-order valence-corrected chi connectivity index (χ3v) is 3.08. The predicted molar refractivity (Wildman–Crippen MR) is 55.9 cm³/mol. The van der Waals surface area contributed by atoms with Crippen LogP contribution in [0.5, 0.6) is 0 Å². The highest BCUT2D eigenvalue weighted by Gasteiger charge is 2.31. The van der Waals surface area contributed by atoms with Crippen molar-refractivity contribution < 1.29 is 9.90 Å².